The van der Waals surface area contributed by atoms with Gasteiger partial charge < -0.3 is 20.5 Å². The molecule has 0 amide bonds. The van der Waals surface area contributed by atoms with Crippen molar-refractivity contribution in [3.63, 3.8) is 0 Å². The molecule has 2 aliphatic heterocycles. The van der Waals surface area contributed by atoms with Crippen LogP contribution >= 0.6 is 58.0 Å². The van der Waals surface area contributed by atoms with Crippen LogP contribution in [0.3, 0.4) is 0 Å². The van der Waals surface area contributed by atoms with Crippen molar-refractivity contribution < 1.29 is 9.47 Å². The Morgan fingerprint density at radius 1 is 0.579 bits per heavy atom. The lowest BCUT2D eigenvalue weighted by Gasteiger charge is -2.34. The molecule has 8 aromatic rings. The van der Waals surface area contributed by atoms with Crippen LogP contribution in [0, 0.1) is 11.3 Å². The fourth-order valence-corrected chi connectivity index (χ4v) is 10.4. The second kappa shape index (κ2) is 28.7. The Balaban J connectivity index is 0.000000184. The molecule has 0 radical (unpaired) electrons. The average molecular weight is 1120 g/mol. The molecule has 4 aromatic heterocycles. The van der Waals surface area contributed by atoms with Gasteiger partial charge in [-0.05, 0) is 119 Å². The Hall–Kier alpha value is -5.60. The van der Waals surface area contributed by atoms with Crippen molar-refractivity contribution in [3.05, 3.63) is 170 Å². The van der Waals surface area contributed by atoms with Gasteiger partial charge in [-0.15, -0.1) is 0 Å². The molecule has 0 unspecified atom stereocenters. The standard InChI is InChI=1S/C28H29Cl2N5O.C20H20Cl2N4O.C8H10ClN.C2H3N/c1-18-15-35(16-19(2)36-18)17-26-33-25-14-21(27-24(30)8-5-12-31-27)9-10-22(25)28(34-26)32-13-11-20-6-3-4-7-23(20)29;1-12-9-26(10-13(2)27-12)11-18-24-17-8-14(5-6-15(17)20(22)25-18)19-16(21)4-3-7-23-19;9-8-4-2-1-3-7(8)5-6-10;1-2-3/h3-10,12,14,18-19H,11,13,15-17H2,1-2H3,(H,32,33,34);3-8,12-13H,9-11H2,1-2H3;1-4H,5-6,10H2;1H3/t18-,19-;12-,13-;;/m11../s1. The lowest BCUT2D eigenvalue weighted by Crippen LogP contribution is -2.45. The van der Waals surface area contributed by atoms with Crippen LogP contribution in [-0.2, 0) is 35.4 Å². The smallest absolute Gasteiger partial charge is 0.145 e. The highest BCUT2D eigenvalue weighted by Gasteiger charge is 2.25. The minimum absolute atomic E-state index is 0.181. The van der Waals surface area contributed by atoms with Crippen molar-refractivity contribution in [2.24, 2.45) is 5.73 Å². The maximum atomic E-state index is 7.32. The van der Waals surface area contributed by atoms with Crippen LogP contribution in [0.4, 0.5) is 5.82 Å². The number of aromatic nitrogens is 6. The number of nitriles is 1. The van der Waals surface area contributed by atoms with Gasteiger partial charge in [0.2, 0.25) is 0 Å². The molecule has 6 heterocycles. The lowest BCUT2D eigenvalue weighted by atomic mass is 10.1. The molecule has 10 rings (SSSR count). The fraction of sp³-hybridized carbons (Fsp3) is 0.328. The fourth-order valence-electron chi connectivity index (χ4n) is 9.18. The van der Waals surface area contributed by atoms with Gasteiger partial charge in [0.15, 0.2) is 0 Å². The van der Waals surface area contributed by atoms with Crippen molar-refractivity contribution in [1.29, 1.82) is 5.26 Å². The second-order valence-corrected chi connectivity index (χ2v) is 20.6. The minimum atomic E-state index is 0.181. The predicted molar refractivity (Wildman–Crippen MR) is 310 cm³/mol. The topological polar surface area (TPSA) is 164 Å². The summed E-state index contributed by atoms with van der Waals surface area (Å²) in [5.74, 6) is 2.29. The molecule has 0 aliphatic carbocycles. The van der Waals surface area contributed by atoms with Gasteiger partial charge in [-0.2, -0.15) is 5.26 Å². The molecule has 4 atom stereocenters. The van der Waals surface area contributed by atoms with E-state index in [1.807, 2.05) is 103 Å². The van der Waals surface area contributed by atoms with E-state index in [0.717, 1.165) is 116 Å². The van der Waals surface area contributed by atoms with Crippen LogP contribution in [-0.4, -0.2) is 103 Å². The van der Waals surface area contributed by atoms with Gasteiger partial charge in [-0.25, -0.2) is 19.9 Å². The Bertz CT molecular complexity index is 3220. The Kier molecular flexibility index (Phi) is 21.9. The van der Waals surface area contributed by atoms with Gasteiger partial charge >= 0.3 is 0 Å². The van der Waals surface area contributed by atoms with Crippen molar-refractivity contribution in [3.8, 4) is 28.6 Å². The van der Waals surface area contributed by atoms with E-state index in [1.54, 1.807) is 18.5 Å². The summed E-state index contributed by atoms with van der Waals surface area (Å²) >= 11 is 31.4. The number of halogens is 5. The molecule has 0 spiro atoms. The quantitative estimate of drug-likeness (QED) is 0.111. The molecule has 13 nitrogen and oxygen atoms in total. The molecule has 0 bridgehead atoms. The van der Waals surface area contributed by atoms with E-state index in [2.05, 4.69) is 63.8 Å². The lowest BCUT2D eigenvalue weighted by molar-refractivity contribution is -0.0712. The van der Waals surface area contributed by atoms with Crippen molar-refractivity contribution >= 4 is 85.6 Å². The van der Waals surface area contributed by atoms with Gasteiger partial charge in [-0.3, -0.25) is 19.8 Å². The summed E-state index contributed by atoms with van der Waals surface area (Å²) in [6.07, 6.45) is 5.88. The number of rotatable bonds is 12. The number of nitrogens with zero attached hydrogens (tertiary/aromatic N) is 9. The molecular formula is C58H62Cl5N11O2. The molecule has 76 heavy (non-hydrogen) atoms. The number of morpholine rings is 2. The van der Waals surface area contributed by atoms with E-state index in [1.165, 1.54) is 6.92 Å². The largest absolute Gasteiger partial charge is 0.373 e. The normalized spacial score (nSPS) is 17.6. The first-order chi connectivity index (χ1) is 36.7. The summed E-state index contributed by atoms with van der Waals surface area (Å²) in [7, 11) is 0. The Labute approximate surface area is 470 Å². The maximum absolute atomic E-state index is 7.32. The van der Waals surface area contributed by atoms with Gasteiger partial charge in [0.1, 0.15) is 22.6 Å². The van der Waals surface area contributed by atoms with Gasteiger partial charge in [0.25, 0.3) is 0 Å². The first kappa shape index (κ1) is 58.1. The number of hydrogen-bond donors (Lipinski definition) is 2. The summed E-state index contributed by atoms with van der Waals surface area (Å²) in [5.41, 5.74) is 12.6. The van der Waals surface area contributed by atoms with Crippen LogP contribution < -0.4 is 11.1 Å². The van der Waals surface area contributed by atoms with E-state index < -0.39 is 0 Å². The van der Waals surface area contributed by atoms with Crippen LogP contribution in [0.25, 0.3) is 44.3 Å². The highest BCUT2D eigenvalue weighted by Crippen LogP contribution is 2.32. The second-order valence-electron chi connectivity index (χ2n) is 18.6. The molecule has 4 aromatic carbocycles. The van der Waals surface area contributed by atoms with Crippen molar-refractivity contribution in [2.45, 2.75) is 85.0 Å². The minimum Gasteiger partial charge on any atom is -0.373 e. The number of nitrogens with one attached hydrogen (secondary N) is 1. The zero-order valence-corrected chi connectivity index (χ0v) is 47.0. The van der Waals surface area contributed by atoms with Gasteiger partial charge in [0, 0.05) is 84.0 Å². The molecule has 396 valence electrons. The number of fused-ring (bicyclic) bond motifs is 2. The number of benzene rings is 4. The van der Waals surface area contributed by atoms with Crippen LogP contribution in [0.2, 0.25) is 25.2 Å². The average Bonchev–Trinajstić information content (AvgIpc) is 3.40. The van der Waals surface area contributed by atoms with Gasteiger partial charge in [-0.1, -0.05) is 107 Å². The van der Waals surface area contributed by atoms with Crippen LogP contribution in [0.1, 0.15) is 57.4 Å². The summed E-state index contributed by atoms with van der Waals surface area (Å²) in [6.45, 7) is 15.9. The van der Waals surface area contributed by atoms with Gasteiger partial charge in [0.05, 0.1) is 76.0 Å². The van der Waals surface area contributed by atoms with E-state index >= 15 is 0 Å². The number of ether oxygens (including phenoxy) is 2. The third kappa shape index (κ3) is 16.5. The molecule has 2 aliphatic rings. The zero-order valence-electron chi connectivity index (χ0n) is 43.2. The number of anilines is 1. The third-order valence-electron chi connectivity index (χ3n) is 12.2. The predicted octanol–water partition coefficient (Wildman–Crippen LogP) is 13.2. The SMILES string of the molecule is CC#N.C[C@@H]1CN(Cc2nc(Cl)c3ccc(-c4ncccc4Cl)cc3n2)C[C@@H](C)O1.C[C@@H]1CN(Cc2nc(NCCc3ccccc3Cl)c3ccc(-c4ncccc4Cl)cc3n2)C[C@@H](C)O1.NCCc1ccccc1Cl. The molecule has 18 heteroatoms. The maximum Gasteiger partial charge on any atom is 0.145 e. The number of hydrogen-bond acceptors (Lipinski definition) is 13. The molecule has 2 saturated heterocycles. The van der Waals surface area contributed by atoms with Crippen LogP contribution in [0.15, 0.2) is 122 Å². The molecule has 2 fully saturated rings. The molecule has 0 saturated carbocycles. The van der Waals surface area contributed by atoms with E-state index in [-0.39, 0.29) is 24.4 Å². The monoisotopic (exact) mass is 1120 g/mol. The van der Waals surface area contributed by atoms with E-state index in [0.29, 0.717) is 47.2 Å². The summed E-state index contributed by atoms with van der Waals surface area (Å²) < 4.78 is 11.7. The number of nitrogens with two attached hydrogens (primary N) is 1. The highest BCUT2D eigenvalue weighted by molar-refractivity contribution is 6.35. The number of pyridine rings is 2. The first-order valence-electron chi connectivity index (χ1n) is 25.2. The molecular weight excluding hydrogens is 1060 g/mol. The van der Waals surface area contributed by atoms with Crippen molar-refractivity contribution in [2.75, 3.05) is 44.6 Å². The van der Waals surface area contributed by atoms with E-state index in [9.17, 15) is 0 Å². The third-order valence-corrected chi connectivity index (χ3v) is 13.9. The van der Waals surface area contributed by atoms with Crippen molar-refractivity contribution in [1.82, 2.24) is 39.7 Å². The van der Waals surface area contributed by atoms with E-state index in [4.69, 9.17) is 93.4 Å². The summed E-state index contributed by atoms with van der Waals surface area (Å²) in [5, 5.41) is 15.9. The van der Waals surface area contributed by atoms with Crippen LogP contribution in [0.5, 0.6) is 0 Å². The molecule has 3 N–H and O–H groups in total. The summed E-state index contributed by atoms with van der Waals surface area (Å²) in [4.78, 5) is 32.6. The zero-order chi connectivity index (χ0) is 54.1. The highest BCUT2D eigenvalue weighted by atomic mass is 35.5. The first-order valence-corrected chi connectivity index (χ1v) is 27.1. The Morgan fingerprint density at radius 2 is 1.01 bits per heavy atom. The summed E-state index contributed by atoms with van der Waals surface area (Å²) in [6, 6.07) is 36.7. The Morgan fingerprint density at radius 3 is 1.49 bits per heavy atom.